The van der Waals surface area contributed by atoms with Crippen molar-refractivity contribution in [3.63, 3.8) is 0 Å². The molecule has 1 fully saturated rings. The first-order valence-corrected chi connectivity index (χ1v) is 12.7. The number of carbonyl (C=O) groups is 2. The predicted molar refractivity (Wildman–Crippen MR) is 135 cm³/mol. The van der Waals surface area contributed by atoms with Crippen molar-refractivity contribution in [3.05, 3.63) is 72.1 Å². The largest absolute Gasteiger partial charge is 0.405 e. The molecule has 2 aromatic carbocycles. The van der Waals surface area contributed by atoms with Crippen molar-refractivity contribution in [2.75, 3.05) is 6.54 Å². The first kappa shape index (κ1) is 29.8. The Bertz CT molecular complexity index is 1220. The molecule has 1 atom stereocenters. The monoisotopic (exact) mass is 694 g/mol. The molecule has 0 aromatic heterocycles. The molecular formula is C23H16Br2Cl2F6N2O2. The Morgan fingerprint density at radius 3 is 2.11 bits per heavy atom. The molecular weight excluding hydrogens is 681 g/mol. The van der Waals surface area contributed by atoms with Crippen molar-refractivity contribution in [2.24, 2.45) is 0 Å². The maximum atomic E-state index is 13.8. The van der Waals surface area contributed by atoms with Crippen LogP contribution in [0.5, 0.6) is 0 Å². The van der Waals surface area contributed by atoms with E-state index in [4.69, 9.17) is 23.2 Å². The number of carbonyl (C=O) groups excluding carboxylic acids is 2. The van der Waals surface area contributed by atoms with Crippen LogP contribution in [0.25, 0.3) is 6.08 Å². The lowest BCUT2D eigenvalue weighted by molar-refractivity contribution is -0.140. The highest BCUT2D eigenvalue weighted by molar-refractivity contribution is 9.11. The van der Waals surface area contributed by atoms with Gasteiger partial charge in [-0.05, 0) is 80.1 Å². The van der Waals surface area contributed by atoms with Gasteiger partial charge in [-0.15, -0.1) is 0 Å². The van der Waals surface area contributed by atoms with Crippen LogP contribution in [0.2, 0.25) is 10.0 Å². The Morgan fingerprint density at radius 1 is 1.03 bits per heavy atom. The molecule has 0 saturated heterocycles. The van der Waals surface area contributed by atoms with E-state index < -0.39 is 42.2 Å². The van der Waals surface area contributed by atoms with E-state index in [1.807, 2.05) is 0 Å². The van der Waals surface area contributed by atoms with Crippen LogP contribution in [0.3, 0.4) is 0 Å². The maximum Gasteiger partial charge on any atom is 0.405 e. The second kappa shape index (κ2) is 11.2. The molecule has 0 bridgehead atoms. The van der Waals surface area contributed by atoms with Gasteiger partial charge in [-0.1, -0.05) is 41.4 Å². The normalized spacial score (nSPS) is 15.9. The van der Waals surface area contributed by atoms with Gasteiger partial charge in [0.1, 0.15) is 12.1 Å². The molecule has 2 aromatic rings. The van der Waals surface area contributed by atoms with Gasteiger partial charge >= 0.3 is 12.4 Å². The maximum absolute atomic E-state index is 13.8. The van der Waals surface area contributed by atoms with Crippen molar-refractivity contribution in [2.45, 2.75) is 36.7 Å². The molecule has 0 radical (unpaired) electrons. The summed E-state index contributed by atoms with van der Waals surface area (Å²) in [6.07, 6.45) is -6.78. The zero-order chi connectivity index (χ0) is 27.8. The van der Waals surface area contributed by atoms with E-state index in [9.17, 15) is 35.9 Å². The molecule has 37 heavy (non-hydrogen) atoms. The zero-order valence-electron chi connectivity index (χ0n) is 18.3. The number of benzene rings is 2. The Kier molecular flexibility index (Phi) is 8.98. The lowest BCUT2D eigenvalue weighted by Gasteiger charge is -2.19. The van der Waals surface area contributed by atoms with Crippen molar-refractivity contribution >= 4 is 73.0 Å². The second-order valence-corrected chi connectivity index (χ2v) is 10.7. The minimum absolute atomic E-state index is 0.0174. The molecule has 200 valence electrons. The average Bonchev–Trinajstić information content (AvgIpc) is 3.55. The van der Waals surface area contributed by atoms with E-state index in [2.05, 4.69) is 37.2 Å². The zero-order valence-corrected chi connectivity index (χ0v) is 23.0. The third-order valence-electron chi connectivity index (χ3n) is 5.42. The second-order valence-electron chi connectivity index (χ2n) is 8.25. The van der Waals surface area contributed by atoms with Crippen LogP contribution in [0.4, 0.5) is 26.3 Å². The summed E-state index contributed by atoms with van der Waals surface area (Å²) in [5, 5.41) is 4.24. The van der Waals surface area contributed by atoms with Gasteiger partial charge in [0.15, 0.2) is 0 Å². The van der Waals surface area contributed by atoms with Gasteiger partial charge in [0.05, 0.1) is 26.0 Å². The molecule has 0 spiro atoms. The smallest absolute Gasteiger partial charge is 0.345 e. The lowest BCUT2D eigenvalue weighted by atomic mass is 9.97. The Morgan fingerprint density at radius 2 is 1.62 bits per heavy atom. The fourth-order valence-electron chi connectivity index (χ4n) is 3.36. The molecule has 4 nitrogen and oxygen atoms in total. The number of amides is 2. The number of halogens is 10. The number of hydrogen-bond donors (Lipinski definition) is 2. The van der Waals surface area contributed by atoms with Crippen molar-refractivity contribution in [1.82, 2.24) is 10.6 Å². The van der Waals surface area contributed by atoms with Gasteiger partial charge in [-0.3, -0.25) is 9.59 Å². The summed E-state index contributed by atoms with van der Waals surface area (Å²) in [6, 6.07) is 6.40. The van der Waals surface area contributed by atoms with Crippen molar-refractivity contribution < 1.29 is 35.9 Å². The van der Waals surface area contributed by atoms with Gasteiger partial charge in [-0.25, -0.2) is 0 Å². The van der Waals surface area contributed by atoms with Gasteiger partial charge in [0.25, 0.3) is 5.91 Å². The van der Waals surface area contributed by atoms with Crippen molar-refractivity contribution in [3.8, 4) is 0 Å². The number of alkyl halides is 6. The number of allylic oxidation sites excluding steroid dienone is 1. The number of hydrogen-bond acceptors (Lipinski definition) is 2. The number of rotatable bonds is 7. The Hall–Kier alpha value is -1.76. The van der Waals surface area contributed by atoms with Crippen LogP contribution in [0.15, 0.2) is 45.4 Å². The quantitative estimate of drug-likeness (QED) is 0.229. The summed E-state index contributed by atoms with van der Waals surface area (Å²) < 4.78 is 78.9. The van der Waals surface area contributed by atoms with E-state index in [1.165, 1.54) is 24.3 Å². The van der Waals surface area contributed by atoms with Gasteiger partial charge < -0.3 is 10.6 Å². The molecule has 1 aliphatic rings. The van der Waals surface area contributed by atoms with E-state index in [1.54, 1.807) is 5.32 Å². The van der Waals surface area contributed by atoms with Crippen LogP contribution in [-0.2, 0) is 4.79 Å². The lowest BCUT2D eigenvalue weighted by Crippen LogP contribution is -2.50. The summed E-state index contributed by atoms with van der Waals surface area (Å²) in [6.45, 7) is -1.52. The van der Waals surface area contributed by atoms with Gasteiger partial charge in [0.2, 0.25) is 5.91 Å². The van der Waals surface area contributed by atoms with E-state index >= 15 is 0 Å². The summed E-state index contributed by atoms with van der Waals surface area (Å²) in [4.78, 5) is 24.8. The molecule has 1 unspecified atom stereocenters. The SMILES string of the molecule is O=C(NC1(C(=O)NCC(F)(F)F)CC1)c1ccc(C=CC(c2cc(Cl)c(Br)c(Cl)c2)C(F)(F)F)cc1Br. The highest BCUT2D eigenvalue weighted by atomic mass is 79.9. The Labute approximate surface area is 234 Å². The standard InChI is InChI=1S/C23H16Br2Cl2F6N2O2/c24-15-7-11(2-4-14(23(31,32)33)12-8-16(26)18(25)17(27)9-12)1-3-13(15)19(36)35-21(5-6-21)20(37)34-10-22(28,29)30/h1-4,7-9,14H,5-6,10H2,(H,34,37)(H,35,36). The third-order valence-corrected chi connectivity index (χ3v) is 7.99. The van der Waals surface area contributed by atoms with Crippen LogP contribution in [-0.4, -0.2) is 36.3 Å². The fourth-order valence-corrected chi connectivity index (χ4v) is 4.67. The highest BCUT2D eigenvalue weighted by Gasteiger charge is 2.52. The fraction of sp³-hybridized carbons (Fsp3) is 0.304. The Balaban J connectivity index is 1.76. The topological polar surface area (TPSA) is 58.2 Å². The van der Waals surface area contributed by atoms with E-state index in [0.29, 0.717) is 5.56 Å². The molecule has 0 aliphatic heterocycles. The van der Waals surface area contributed by atoms with Crippen molar-refractivity contribution in [1.29, 1.82) is 0 Å². The molecule has 14 heteroatoms. The first-order chi connectivity index (χ1) is 17.0. The van der Waals surface area contributed by atoms with Crippen LogP contribution in [0, 0.1) is 0 Å². The molecule has 3 rings (SSSR count). The summed E-state index contributed by atoms with van der Waals surface area (Å²) >= 11 is 18.2. The minimum atomic E-state index is -4.65. The minimum Gasteiger partial charge on any atom is -0.345 e. The highest BCUT2D eigenvalue weighted by Crippen LogP contribution is 2.41. The van der Waals surface area contributed by atoms with Crippen LogP contribution in [0.1, 0.15) is 40.2 Å². The molecule has 2 N–H and O–H groups in total. The number of nitrogens with one attached hydrogen (secondary N) is 2. The average molecular weight is 697 g/mol. The van der Waals surface area contributed by atoms with Crippen LogP contribution >= 0.6 is 55.1 Å². The summed E-state index contributed by atoms with van der Waals surface area (Å²) in [5.74, 6) is -3.70. The van der Waals surface area contributed by atoms with Gasteiger partial charge in [0, 0.05) is 4.47 Å². The molecule has 1 saturated carbocycles. The molecule has 2 amide bonds. The summed E-state index contributed by atoms with van der Waals surface area (Å²) in [5.41, 5.74) is -1.24. The van der Waals surface area contributed by atoms with E-state index in [0.717, 1.165) is 18.2 Å². The predicted octanol–water partition coefficient (Wildman–Crippen LogP) is 7.82. The first-order valence-electron chi connectivity index (χ1n) is 10.4. The molecule has 1 aliphatic carbocycles. The third kappa shape index (κ3) is 7.64. The van der Waals surface area contributed by atoms with Gasteiger partial charge in [-0.2, -0.15) is 26.3 Å². The van der Waals surface area contributed by atoms with Crippen LogP contribution < -0.4 is 10.6 Å². The molecule has 0 heterocycles. The van der Waals surface area contributed by atoms with E-state index in [-0.39, 0.29) is 43.0 Å². The summed E-state index contributed by atoms with van der Waals surface area (Å²) in [7, 11) is 0.